The van der Waals surface area contributed by atoms with E-state index in [0.29, 0.717) is 0 Å². The molecule has 0 radical (unpaired) electrons. The third-order valence-electron chi connectivity index (χ3n) is 23.0. The fraction of sp³-hybridized carbons (Fsp3) is 0.0213. The molecule has 0 saturated carbocycles. The van der Waals surface area contributed by atoms with E-state index < -0.39 is 10.8 Å². The monoisotopic (exact) mass is 1300 g/mol. The van der Waals surface area contributed by atoms with Gasteiger partial charge in [-0.25, -0.2) is 0 Å². The lowest BCUT2D eigenvalue weighted by Crippen LogP contribution is -2.32. The minimum absolute atomic E-state index is 0.522. The molecule has 0 saturated heterocycles. The molecule has 24 rings (SSSR count). The van der Waals surface area contributed by atoms with Crippen molar-refractivity contribution >= 4 is 133 Å². The fourth-order valence-electron chi connectivity index (χ4n) is 19.0. The molecule has 462 valence electrons. The van der Waals surface area contributed by atoms with Crippen molar-refractivity contribution in [3.05, 3.63) is 360 Å². The van der Waals surface area contributed by atoms with E-state index in [9.17, 15) is 0 Å². The summed E-state index contributed by atoms with van der Waals surface area (Å²) in [6.07, 6.45) is 0. The van der Waals surface area contributed by atoms with Gasteiger partial charge < -0.3 is 18.0 Å². The van der Waals surface area contributed by atoms with Crippen LogP contribution in [0.1, 0.15) is 44.5 Å². The van der Waals surface area contributed by atoms with Gasteiger partial charge in [0.05, 0.1) is 32.9 Å². The van der Waals surface area contributed by atoms with E-state index in [1.54, 1.807) is 0 Å². The first kappa shape index (κ1) is 54.0. The van der Waals surface area contributed by atoms with Crippen molar-refractivity contribution in [1.82, 2.24) is 9.13 Å². The van der Waals surface area contributed by atoms with Gasteiger partial charge in [0.25, 0.3) is 0 Å². The van der Waals surface area contributed by atoms with E-state index in [1.165, 1.54) is 152 Å². The average molecular weight is 1310 g/mol. The second kappa shape index (κ2) is 19.4. The van der Waals surface area contributed by atoms with Crippen LogP contribution in [-0.2, 0) is 10.8 Å². The molecule has 4 aromatic heterocycles. The van der Waals surface area contributed by atoms with Crippen LogP contribution in [0.4, 0.5) is 0 Å². The van der Waals surface area contributed by atoms with Gasteiger partial charge in [-0.1, -0.05) is 242 Å². The molecule has 0 N–H and O–H groups in total. The first-order valence-corrected chi connectivity index (χ1v) is 36.1. The van der Waals surface area contributed by atoms with E-state index in [4.69, 9.17) is 8.83 Å². The predicted molar refractivity (Wildman–Crippen MR) is 413 cm³/mol. The smallest absolute Gasteiger partial charge is 0.137 e. The number of furan rings is 2. The van der Waals surface area contributed by atoms with E-state index >= 15 is 0 Å². The van der Waals surface area contributed by atoms with E-state index in [-0.39, 0.29) is 0 Å². The maximum Gasteiger partial charge on any atom is 0.137 e. The lowest BCUT2D eigenvalue weighted by molar-refractivity contribution is 0.668. The molecule has 2 aliphatic heterocycles. The Morgan fingerprint density at radius 2 is 0.660 bits per heavy atom. The zero-order valence-corrected chi connectivity index (χ0v) is 55.2. The van der Waals surface area contributed by atoms with E-state index in [2.05, 4.69) is 325 Å². The molecule has 0 bridgehead atoms. The molecular weight excluding hydrogens is 1250 g/mol. The molecule has 20 aromatic rings. The van der Waals surface area contributed by atoms with Gasteiger partial charge in [-0.2, -0.15) is 0 Å². The third-order valence-corrected chi connectivity index (χ3v) is 25.3. The molecule has 4 aliphatic rings. The zero-order chi connectivity index (χ0) is 64.8. The molecule has 100 heavy (non-hydrogen) atoms. The fourth-order valence-corrected chi connectivity index (χ4v) is 21.5. The highest BCUT2D eigenvalue weighted by Gasteiger charge is 2.52. The van der Waals surface area contributed by atoms with Crippen LogP contribution in [0.3, 0.4) is 0 Å². The molecule has 2 spiro atoms. The van der Waals surface area contributed by atoms with Crippen molar-refractivity contribution in [2.24, 2.45) is 0 Å². The van der Waals surface area contributed by atoms with Crippen molar-refractivity contribution in [1.29, 1.82) is 0 Å². The van der Waals surface area contributed by atoms with Crippen LogP contribution in [0, 0.1) is 0 Å². The molecular formula is C94H52N2O2S2. The summed E-state index contributed by atoms with van der Waals surface area (Å²) in [6, 6.07) is 119. The van der Waals surface area contributed by atoms with E-state index in [0.717, 1.165) is 66.3 Å². The molecule has 6 heteroatoms. The maximum atomic E-state index is 7.13. The van der Waals surface area contributed by atoms with Crippen molar-refractivity contribution in [3.8, 4) is 44.8 Å². The number of hydrogen-bond acceptors (Lipinski definition) is 4. The Morgan fingerprint density at radius 1 is 0.230 bits per heavy atom. The predicted octanol–water partition coefficient (Wildman–Crippen LogP) is 25.3. The van der Waals surface area contributed by atoms with Gasteiger partial charge in [-0.15, -0.1) is 0 Å². The Balaban J connectivity index is 0.728. The minimum Gasteiger partial charge on any atom is -0.456 e. The van der Waals surface area contributed by atoms with Crippen molar-refractivity contribution < 1.29 is 8.83 Å². The molecule has 16 aromatic carbocycles. The summed E-state index contributed by atoms with van der Waals surface area (Å²) in [4.78, 5) is 5.12. The Labute approximate surface area is 581 Å². The Morgan fingerprint density at radius 3 is 1.29 bits per heavy atom. The molecule has 0 unspecified atom stereocenters. The van der Waals surface area contributed by atoms with Crippen LogP contribution in [0.5, 0.6) is 0 Å². The molecule has 4 nitrogen and oxygen atoms in total. The summed E-state index contributed by atoms with van der Waals surface area (Å²) < 4.78 is 18.8. The molecule has 0 fully saturated rings. The lowest BCUT2D eigenvalue weighted by atomic mass is 9.67. The number of para-hydroxylation sites is 1. The van der Waals surface area contributed by atoms with Crippen molar-refractivity contribution in [2.45, 2.75) is 30.4 Å². The first-order valence-electron chi connectivity index (χ1n) is 34.4. The van der Waals surface area contributed by atoms with Crippen LogP contribution in [0.25, 0.3) is 154 Å². The van der Waals surface area contributed by atoms with Crippen LogP contribution in [0.2, 0.25) is 0 Å². The number of fused-ring (bicyclic) bond motifs is 34. The zero-order valence-electron chi connectivity index (χ0n) is 53.5. The molecule has 0 atom stereocenters. The highest BCUT2D eigenvalue weighted by molar-refractivity contribution is 7.99. The summed E-state index contributed by atoms with van der Waals surface area (Å²) in [5.74, 6) is 0. The number of hydrogen-bond donors (Lipinski definition) is 0. The molecule has 0 amide bonds. The normalized spacial score (nSPS) is 14.3. The Bertz CT molecular complexity index is 7040. The van der Waals surface area contributed by atoms with Gasteiger partial charge >= 0.3 is 0 Å². The second-order valence-electron chi connectivity index (χ2n) is 27.6. The quantitative estimate of drug-likeness (QED) is 0.177. The van der Waals surface area contributed by atoms with E-state index in [1.807, 2.05) is 23.5 Å². The summed E-state index contributed by atoms with van der Waals surface area (Å²) in [6.45, 7) is 0. The number of aromatic nitrogens is 2. The second-order valence-corrected chi connectivity index (χ2v) is 29.8. The average Bonchev–Trinajstić information content (AvgIpc) is 1.47. The van der Waals surface area contributed by atoms with Crippen LogP contribution in [0.15, 0.2) is 344 Å². The summed E-state index contributed by atoms with van der Waals surface area (Å²) >= 11 is 3.81. The highest BCUT2D eigenvalue weighted by atomic mass is 32.2. The number of nitrogens with zero attached hydrogens (tertiary/aromatic N) is 2. The standard InChI is InChI=1S/C94H52N2O2S2/c1-2-20-57-53(19-1)37-41-66-68-49-89-79(93(77-32-14-17-35-87(77)99-89)73-28-10-5-22-59(73)60-23-6-11-29-74(60)93)51-81(68)96(91(57)66)56-39-42-64-70-45-54(38-43-84(70)98-86(64)47-56)67-48-72-69-50-90-80(94(78-33-15-18-36-88(78)100-90)75-30-12-7-24-61(75)62-25-8-13-31-76(62)94)52-82(69)95(92(72)65-27-4-3-21-58(65)67)55-40-44-85-71(46-55)63-26-9-16-34-83(63)97-85/h1-52H. The van der Waals surface area contributed by atoms with Gasteiger partial charge in [0.1, 0.15) is 22.3 Å². The van der Waals surface area contributed by atoms with Gasteiger partial charge in [-0.3, -0.25) is 0 Å². The molecule has 2 aliphatic carbocycles. The van der Waals surface area contributed by atoms with Gasteiger partial charge in [0.2, 0.25) is 0 Å². The summed E-state index contributed by atoms with van der Waals surface area (Å²) in [7, 11) is 0. The van der Waals surface area contributed by atoms with Crippen molar-refractivity contribution in [3.63, 3.8) is 0 Å². The number of benzene rings is 16. The Hall–Kier alpha value is -12.1. The van der Waals surface area contributed by atoms with Crippen LogP contribution in [-0.4, -0.2) is 9.13 Å². The van der Waals surface area contributed by atoms with Crippen LogP contribution >= 0.6 is 23.5 Å². The Kier molecular flexibility index (Phi) is 10.5. The highest BCUT2D eigenvalue weighted by Crippen LogP contribution is 2.65. The summed E-state index contributed by atoms with van der Waals surface area (Å²) in [5, 5.41) is 14.0. The van der Waals surface area contributed by atoms with Crippen LogP contribution < -0.4 is 0 Å². The van der Waals surface area contributed by atoms with Gasteiger partial charge in [0.15, 0.2) is 0 Å². The lowest BCUT2D eigenvalue weighted by Gasteiger charge is -2.39. The minimum atomic E-state index is -0.551. The third kappa shape index (κ3) is 6.76. The van der Waals surface area contributed by atoms with Gasteiger partial charge in [0, 0.05) is 90.9 Å². The first-order chi connectivity index (χ1) is 49.6. The number of rotatable bonds is 3. The maximum absolute atomic E-state index is 7.13. The topological polar surface area (TPSA) is 36.1 Å². The van der Waals surface area contributed by atoms with Gasteiger partial charge in [-0.05, 0) is 180 Å². The summed E-state index contributed by atoms with van der Waals surface area (Å²) in [5.41, 5.74) is 27.3. The molecule has 6 heterocycles. The SMILES string of the molecule is c1ccc2c(c1)Sc1cc3c4ccc5ccccc5c4n(-c4ccc5c(c4)oc4ccc(-c6cc7c8cc9c(cc8n(-c8ccc%10oc%11ccccc%11c%10c8)c7c7ccccc67)C6(c7ccccc7S9)c7ccccc7-c7ccccc76)cc45)c3cc1C21c2ccccc2-c2ccccc21. The van der Waals surface area contributed by atoms with Crippen molar-refractivity contribution in [2.75, 3.05) is 0 Å². The largest absolute Gasteiger partial charge is 0.456 e.